The molecule has 1 heterocycles. The van der Waals surface area contributed by atoms with Gasteiger partial charge in [0.05, 0.1) is 18.9 Å². The molecule has 0 aliphatic carbocycles. The zero-order chi connectivity index (χ0) is 20.1. The summed E-state index contributed by atoms with van der Waals surface area (Å²) < 4.78 is 15.7. The summed E-state index contributed by atoms with van der Waals surface area (Å²) in [5.41, 5.74) is 1.99. The molecule has 8 nitrogen and oxygen atoms in total. The van der Waals surface area contributed by atoms with E-state index in [0.717, 1.165) is 5.56 Å². The highest BCUT2D eigenvalue weighted by molar-refractivity contribution is 6.39. The van der Waals surface area contributed by atoms with Crippen molar-refractivity contribution in [3.05, 3.63) is 47.5 Å². The number of ether oxygens (including phenoxy) is 3. The Kier molecular flexibility index (Phi) is 6.00. The van der Waals surface area contributed by atoms with Crippen LogP contribution in [0, 0.1) is 6.92 Å². The molecule has 28 heavy (non-hydrogen) atoms. The number of rotatable bonds is 6. The molecular formula is C20H22N2O6. The van der Waals surface area contributed by atoms with Crippen LogP contribution < -0.4 is 24.8 Å². The van der Waals surface area contributed by atoms with Crippen LogP contribution in [0.1, 0.15) is 23.7 Å². The molecule has 3 rings (SSSR count). The normalized spacial score (nSPS) is 13.0. The summed E-state index contributed by atoms with van der Waals surface area (Å²) in [6, 6.07) is 10.4. The Morgan fingerprint density at radius 2 is 1.93 bits per heavy atom. The van der Waals surface area contributed by atoms with Gasteiger partial charge in [-0.1, -0.05) is 12.1 Å². The Balaban J connectivity index is 1.50. The predicted octanol–water partition coefficient (Wildman–Crippen LogP) is 1.91. The minimum absolute atomic E-state index is 0.132. The number of carbonyl (C=O) groups excluding carboxylic acids is 2. The lowest BCUT2D eigenvalue weighted by atomic mass is 10.1. The van der Waals surface area contributed by atoms with E-state index in [1.807, 2.05) is 13.0 Å². The van der Waals surface area contributed by atoms with Crippen LogP contribution in [0.15, 0.2) is 36.4 Å². The molecule has 1 aliphatic rings. The van der Waals surface area contributed by atoms with Gasteiger partial charge in [0.25, 0.3) is 0 Å². The third-order valence-corrected chi connectivity index (χ3v) is 4.29. The minimum Gasteiger partial charge on any atom is -0.495 e. The van der Waals surface area contributed by atoms with Gasteiger partial charge in [0.15, 0.2) is 11.5 Å². The van der Waals surface area contributed by atoms with E-state index in [1.165, 1.54) is 7.11 Å². The van der Waals surface area contributed by atoms with Crippen LogP contribution in [-0.2, 0) is 9.59 Å². The fourth-order valence-corrected chi connectivity index (χ4v) is 2.79. The molecule has 0 bridgehead atoms. The molecule has 0 aromatic heterocycles. The van der Waals surface area contributed by atoms with Crippen LogP contribution in [0.3, 0.4) is 0 Å². The molecule has 0 fully saturated rings. The minimum atomic E-state index is -0.810. The summed E-state index contributed by atoms with van der Waals surface area (Å²) in [4.78, 5) is 24.1. The van der Waals surface area contributed by atoms with E-state index >= 15 is 0 Å². The number of fused-ring (bicyclic) bond motifs is 1. The van der Waals surface area contributed by atoms with E-state index in [-0.39, 0.29) is 19.8 Å². The highest BCUT2D eigenvalue weighted by atomic mass is 16.7. The number of aliphatic hydroxyl groups is 1. The summed E-state index contributed by atoms with van der Waals surface area (Å²) in [5, 5.41) is 15.3. The van der Waals surface area contributed by atoms with E-state index in [1.54, 1.807) is 30.3 Å². The van der Waals surface area contributed by atoms with Gasteiger partial charge in [-0.05, 0) is 48.7 Å². The van der Waals surface area contributed by atoms with Gasteiger partial charge >= 0.3 is 11.8 Å². The van der Waals surface area contributed by atoms with E-state index in [9.17, 15) is 14.7 Å². The van der Waals surface area contributed by atoms with Crippen LogP contribution in [0.25, 0.3) is 0 Å². The first kappa shape index (κ1) is 19.5. The second-order valence-corrected chi connectivity index (χ2v) is 6.33. The number of hydrogen-bond donors (Lipinski definition) is 3. The average Bonchev–Trinajstić information content (AvgIpc) is 3.15. The van der Waals surface area contributed by atoms with Gasteiger partial charge in [-0.15, -0.1) is 0 Å². The van der Waals surface area contributed by atoms with Crippen molar-refractivity contribution in [3.8, 4) is 17.2 Å². The Morgan fingerprint density at radius 3 is 2.71 bits per heavy atom. The van der Waals surface area contributed by atoms with Gasteiger partial charge in [-0.3, -0.25) is 9.59 Å². The molecule has 148 valence electrons. The monoisotopic (exact) mass is 386 g/mol. The van der Waals surface area contributed by atoms with Crippen molar-refractivity contribution < 1.29 is 28.9 Å². The van der Waals surface area contributed by atoms with Crippen molar-refractivity contribution in [3.63, 3.8) is 0 Å². The van der Waals surface area contributed by atoms with Crippen molar-refractivity contribution in [1.29, 1.82) is 0 Å². The Hall–Kier alpha value is -3.26. The molecular weight excluding hydrogens is 364 g/mol. The van der Waals surface area contributed by atoms with Crippen molar-refractivity contribution in [2.24, 2.45) is 0 Å². The lowest BCUT2D eigenvalue weighted by molar-refractivity contribution is -0.136. The number of nitrogens with one attached hydrogen (secondary N) is 2. The quantitative estimate of drug-likeness (QED) is 0.655. The van der Waals surface area contributed by atoms with E-state index in [4.69, 9.17) is 14.2 Å². The molecule has 1 atom stereocenters. The molecule has 1 aliphatic heterocycles. The molecule has 2 aromatic rings. The number of anilines is 1. The number of methoxy groups -OCH3 is 1. The molecule has 0 saturated heterocycles. The molecule has 0 saturated carbocycles. The molecule has 3 N–H and O–H groups in total. The highest BCUT2D eigenvalue weighted by Crippen LogP contribution is 2.34. The maximum Gasteiger partial charge on any atom is 0.313 e. The Labute approximate surface area is 162 Å². The highest BCUT2D eigenvalue weighted by Gasteiger charge is 2.18. The first-order valence-electron chi connectivity index (χ1n) is 8.79. The lowest BCUT2D eigenvalue weighted by Crippen LogP contribution is -2.36. The number of amides is 2. The van der Waals surface area contributed by atoms with Crippen LogP contribution in [0.2, 0.25) is 0 Å². The zero-order valence-corrected chi connectivity index (χ0v) is 15.7. The van der Waals surface area contributed by atoms with Crippen molar-refractivity contribution in [2.45, 2.75) is 19.4 Å². The van der Waals surface area contributed by atoms with Crippen molar-refractivity contribution >= 4 is 17.5 Å². The number of carbonyl (C=O) groups is 2. The van der Waals surface area contributed by atoms with Crippen LogP contribution >= 0.6 is 0 Å². The molecule has 2 amide bonds. The van der Waals surface area contributed by atoms with Crippen LogP contribution in [-0.4, -0.2) is 37.4 Å². The van der Waals surface area contributed by atoms with Crippen LogP contribution in [0.4, 0.5) is 5.69 Å². The van der Waals surface area contributed by atoms with Crippen molar-refractivity contribution in [1.82, 2.24) is 5.32 Å². The van der Waals surface area contributed by atoms with Gasteiger partial charge in [0.1, 0.15) is 5.75 Å². The first-order valence-corrected chi connectivity index (χ1v) is 8.79. The van der Waals surface area contributed by atoms with Gasteiger partial charge in [0.2, 0.25) is 6.79 Å². The number of hydrogen-bond acceptors (Lipinski definition) is 6. The molecule has 1 unspecified atom stereocenters. The van der Waals surface area contributed by atoms with Gasteiger partial charge < -0.3 is 30.0 Å². The second kappa shape index (κ2) is 8.62. The molecule has 2 aromatic carbocycles. The fraction of sp³-hybridized carbons (Fsp3) is 0.300. The zero-order valence-electron chi connectivity index (χ0n) is 15.7. The molecule has 0 spiro atoms. The van der Waals surface area contributed by atoms with Crippen molar-refractivity contribution in [2.75, 3.05) is 25.8 Å². The SMILES string of the molecule is COc1ccc(C)cc1NC(=O)C(=O)NCCC(O)c1ccc2c(c1)OCO2. The number of benzene rings is 2. The topological polar surface area (TPSA) is 106 Å². The van der Waals surface area contributed by atoms with E-state index < -0.39 is 17.9 Å². The maximum absolute atomic E-state index is 12.1. The Morgan fingerprint density at radius 1 is 1.14 bits per heavy atom. The van der Waals surface area contributed by atoms with Gasteiger partial charge in [-0.2, -0.15) is 0 Å². The van der Waals surface area contributed by atoms with E-state index in [2.05, 4.69) is 10.6 Å². The predicted molar refractivity (Wildman–Crippen MR) is 102 cm³/mol. The number of aliphatic hydroxyl groups excluding tert-OH is 1. The third-order valence-electron chi connectivity index (χ3n) is 4.29. The van der Waals surface area contributed by atoms with Gasteiger partial charge in [0, 0.05) is 6.54 Å². The molecule has 8 heteroatoms. The standard InChI is InChI=1S/C20H22N2O6/c1-12-3-5-16(26-2)14(9-12)22-20(25)19(24)21-8-7-15(23)13-4-6-17-18(10-13)28-11-27-17/h3-6,9-10,15,23H,7-8,11H2,1-2H3,(H,21,24)(H,22,25). The van der Waals surface area contributed by atoms with Crippen LogP contribution in [0.5, 0.6) is 17.2 Å². The fourth-order valence-electron chi connectivity index (χ4n) is 2.79. The lowest BCUT2D eigenvalue weighted by Gasteiger charge is -2.13. The maximum atomic E-state index is 12.1. The number of aryl methyl sites for hydroxylation is 1. The van der Waals surface area contributed by atoms with E-state index in [0.29, 0.717) is 28.5 Å². The largest absolute Gasteiger partial charge is 0.495 e. The first-order chi connectivity index (χ1) is 13.5. The average molecular weight is 386 g/mol. The second-order valence-electron chi connectivity index (χ2n) is 6.33. The summed E-state index contributed by atoms with van der Waals surface area (Å²) in [6.07, 6.45) is -0.568. The molecule has 0 radical (unpaired) electrons. The summed E-state index contributed by atoms with van der Waals surface area (Å²) in [7, 11) is 1.48. The smallest absolute Gasteiger partial charge is 0.313 e. The Bertz CT molecular complexity index is 883. The summed E-state index contributed by atoms with van der Waals surface area (Å²) >= 11 is 0. The third kappa shape index (κ3) is 4.52. The summed E-state index contributed by atoms with van der Waals surface area (Å²) in [6.45, 7) is 2.16. The van der Waals surface area contributed by atoms with Gasteiger partial charge in [-0.25, -0.2) is 0 Å². The summed E-state index contributed by atoms with van der Waals surface area (Å²) in [5.74, 6) is 0.0764.